The van der Waals surface area contributed by atoms with Gasteiger partial charge in [-0.15, -0.1) is 11.8 Å². The Morgan fingerprint density at radius 1 is 1.15 bits per heavy atom. The summed E-state index contributed by atoms with van der Waals surface area (Å²) in [6.07, 6.45) is 0.433. The van der Waals surface area contributed by atoms with Gasteiger partial charge in [-0.1, -0.05) is 46.6 Å². The maximum atomic E-state index is 12.3. The van der Waals surface area contributed by atoms with Crippen LogP contribution in [0.2, 0.25) is 5.02 Å². The van der Waals surface area contributed by atoms with Crippen LogP contribution in [0.3, 0.4) is 0 Å². The minimum atomic E-state index is 0.0338. The molecule has 2 aromatic carbocycles. The molecular formula is C20H20ClN3O2S. The maximum absolute atomic E-state index is 12.3. The summed E-state index contributed by atoms with van der Waals surface area (Å²) in [6.45, 7) is 2.32. The number of benzene rings is 2. The summed E-state index contributed by atoms with van der Waals surface area (Å²) in [4.78, 5) is 19.4. The highest BCUT2D eigenvalue weighted by Gasteiger charge is 2.14. The van der Waals surface area contributed by atoms with E-state index in [1.807, 2.05) is 55.5 Å². The van der Waals surface area contributed by atoms with Crippen LogP contribution in [0.5, 0.6) is 0 Å². The van der Waals surface area contributed by atoms with E-state index in [9.17, 15) is 4.79 Å². The van der Waals surface area contributed by atoms with Crippen molar-refractivity contribution in [1.82, 2.24) is 15.0 Å². The number of aryl methyl sites for hydroxylation is 1. The van der Waals surface area contributed by atoms with Crippen LogP contribution >= 0.6 is 23.4 Å². The van der Waals surface area contributed by atoms with E-state index in [4.69, 9.17) is 16.1 Å². The van der Waals surface area contributed by atoms with Crippen molar-refractivity contribution in [2.24, 2.45) is 0 Å². The zero-order chi connectivity index (χ0) is 19.2. The Morgan fingerprint density at radius 3 is 2.56 bits per heavy atom. The Morgan fingerprint density at radius 2 is 1.85 bits per heavy atom. The quantitative estimate of drug-likeness (QED) is 0.530. The van der Waals surface area contributed by atoms with Crippen LogP contribution in [0, 0.1) is 6.92 Å². The summed E-state index contributed by atoms with van der Waals surface area (Å²) in [5, 5.41) is 4.71. The van der Waals surface area contributed by atoms with Crippen molar-refractivity contribution in [3.8, 4) is 11.4 Å². The fourth-order valence-corrected chi connectivity index (χ4v) is 3.37. The second-order valence-corrected chi connectivity index (χ2v) is 7.78. The zero-order valence-electron chi connectivity index (χ0n) is 15.2. The van der Waals surface area contributed by atoms with Gasteiger partial charge in [-0.2, -0.15) is 4.98 Å². The molecule has 1 heterocycles. The van der Waals surface area contributed by atoms with Gasteiger partial charge in [0.2, 0.25) is 17.6 Å². The Labute approximate surface area is 167 Å². The third kappa shape index (κ3) is 5.58. The number of nitrogens with zero attached hydrogens (tertiary/aromatic N) is 3. The largest absolute Gasteiger partial charge is 0.337 e. The standard InChI is InChI=1S/C20H20ClN3O2S/c1-14-3-5-15(6-4-14)20-22-18(26-23-20)13-24(2)19(25)11-12-27-17-9-7-16(21)8-10-17/h3-10H,11-13H2,1-2H3. The van der Waals surface area contributed by atoms with Gasteiger partial charge >= 0.3 is 0 Å². The van der Waals surface area contributed by atoms with Gasteiger partial charge < -0.3 is 9.42 Å². The molecule has 1 aromatic heterocycles. The molecule has 0 radical (unpaired) electrons. The van der Waals surface area contributed by atoms with Crippen molar-refractivity contribution in [2.45, 2.75) is 24.8 Å². The number of hydrogen-bond donors (Lipinski definition) is 0. The molecule has 0 N–H and O–H groups in total. The first-order valence-electron chi connectivity index (χ1n) is 8.53. The molecule has 3 aromatic rings. The lowest BCUT2D eigenvalue weighted by Crippen LogP contribution is -2.26. The molecule has 140 valence electrons. The highest BCUT2D eigenvalue weighted by Crippen LogP contribution is 2.21. The van der Waals surface area contributed by atoms with Crippen LogP contribution in [0.1, 0.15) is 17.9 Å². The van der Waals surface area contributed by atoms with Gasteiger partial charge in [-0.05, 0) is 31.2 Å². The van der Waals surface area contributed by atoms with Gasteiger partial charge in [-0.25, -0.2) is 0 Å². The molecule has 0 fully saturated rings. The molecule has 0 aliphatic carbocycles. The Balaban J connectivity index is 1.49. The maximum Gasteiger partial charge on any atom is 0.246 e. The molecule has 0 bridgehead atoms. The van der Waals surface area contributed by atoms with Gasteiger partial charge in [0.15, 0.2) is 0 Å². The number of halogens is 1. The molecule has 3 rings (SSSR count). The first kappa shape index (κ1) is 19.5. The summed E-state index contributed by atoms with van der Waals surface area (Å²) in [5.74, 6) is 1.69. The van der Waals surface area contributed by atoms with Crippen LogP contribution in [-0.2, 0) is 11.3 Å². The predicted octanol–water partition coefficient (Wildman–Crippen LogP) is 4.84. The molecule has 0 saturated heterocycles. The van der Waals surface area contributed by atoms with E-state index < -0.39 is 0 Å². The number of carbonyl (C=O) groups excluding carboxylic acids is 1. The first-order valence-corrected chi connectivity index (χ1v) is 9.89. The van der Waals surface area contributed by atoms with Crippen LogP contribution in [0.25, 0.3) is 11.4 Å². The molecule has 0 unspecified atom stereocenters. The summed E-state index contributed by atoms with van der Waals surface area (Å²) >= 11 is 7.50. The van der Waals surface area contributed by atoms with Crippen LogP contribution in [0.4, 0.5) is 0 Å². The molecule has 0 spiro atoms. The molecule has 5 nitrogen and oxygen atoms in total. The van der Waals surface area contributed by atoms with Crippen molar-refractivity contribution >= 4 is 29.3 Å². The number of hydrogen-bond acceptors (Lipinski definition) is 5. The fourth-order valence-electron chi connectivity index (χ4n) is 2.41. The smallest absolute Gasteiger partial charge is 0.246 e. The number of carbonyl (C=O) groups is 1. The number of aromatic nitrogens is 2. The predicted molar refractivity (Wildman–Crippen MR) is 108 cm³/mol. The van der Waals surface area contributed by atoms with E-state index in [2.05, 4.69) is 10.1 Å². The van der Waals surface area contributed by atoms with Gasteiger partial charge in [0.25, 0.3) is 0 Å². The second kappa shape index (κ2) is 9.06. The van der Waals surface area contributed by atoms with Crippen molar-refractivity contribution in [1.29, 1.82) is 0 Å². The zero-order valence-corrected chi connectivity index (χ0v) is 16.8. The van der Waals surface area contributed by atoms with Crippen molar-refractivity contribution in [2.75, 3.05) is 12.8 Å². The topological polar surface area (TPSA) is 59.2 Å². The van der Waals surface area contributed by atoms with E-state index in [0.29, 0.717) is 35.5 Å². The average molecular weight is 402 g/mol. The monoisotopic (exact) mass is 401 g/mol. The molecule has 27 heavy (non-hydrogen) atoms. The van der Waals surface area contributed by atoms with Gasteiger partial charge in [-0.3, -0.25) is 4.79 Å². The minimum Gasteiger partial charge on any atom is -0.337 e. The van der Waals surface area contributed by atoms with E-state index in [-0.39, 0.29) is 5.91 Å². The molecule has 7 heteroatoms. The molecule has 0 aliphatic heterocycles. The first-order chi connectivity index (χ1) is 13.0. The normalized spacial score (nSPS) is 10.8. The SMILES string of the molecule is Cc1ccc(-c2noc(CN(C)C(=O)CCSc3ccc(Cl)cc3)n2)cc1. The van der Waals surface area contributed by atoms with Crippen LogP contribution < -0.4 is 0 Å². The van der Waals surface area contributed by atoms with Crippen molar-refractivity contribution < 1.29 is 9.32 Å². The van der Waals surface area contributed by atoms with Crippen molar-refractivity contribution in [3.63, 3.8) is 0 Å². The molecule has 0 atom stereocenters. The molecular weight excluding hydrogens is 382 g/mol. The van der Waals surface area contributed by atoms with E-state index in [1.54, 1.807) is 23.7 Å². The Hall–Kier alpha value is -2.31. The summed E-state index contributed by atoms with van der Waals surface area (Å²) < 4.78 is 5.28. The van der Waals surface area contributed by atoms with E-state index in [1.165, 1.54) is 5.56 Å². The molecule has 1 amide bonds. The molecule has 0 saturated carbocycles. The number of thioether (sulfide) groups is 1. The van der Waals surface area contributed by atoms with E-state index in [0.717, 1.165) is 10.5 Å². The number of rotatable bonds is 7. The average Bonchev–Trinajstić information content (AvgIpc) is 3.12. The third-order valence-corrected chi connectivity index (χ3v) is 5.24. The summed E-state index contributed by atoms with van der Waals surface area (Å²) in [5.41, 5.74) is 2.06. The summed E-state index contributed by atoms with van der Waals surface area (Å²) in [6, 6.07) is 15.5. The lowest BCUT2D eigenvalue weighted by atomic mass is 10.1. The minimum absolute atomic E-state index is 0.0338. The van der Waals surface area contributed by atoms with Gasteiger partial charge in [0.05, 0.1) is 6.54 Å². The van der Waals surface area contributed by atoms with Crippen LogP contribution in [0.15, 0.2) is 57.9 Å². The summed E-state index contributed by atoms with van der Waals surface area (Å²) in [7, 11) is 1.74. The number of amides is 1. The van der Waals surface area contributed by atoms with Crippen molar-refractivity contribution in [3.05, 3.63) is 65.0 Å². The fraction of sp³-hybridized carbons (Fsp3) is 0.250. The highest BCUT2D eigenvalue weighted by atomic mass is 35.5. The lowest BCUT2D eigenvalue weighted by molar-refractivity contribution is -0.130. The lowest BCUT2D eigenvalue weighted by Gasteiger charge is -2.14. The Kier molecular flexibility index (Phi) is 6.53. The Bertz CT molecular complexity index is 894. The second-order valence-electron chi connectivity index (χ2n) is 6.18. The van der Waals surface area contributed by atoms with E-state index >= 15 is 0 Å². The molecule has 0 aliphatic rings. The van der Waals surface area contributed by atoms with Gasteiger partial charge in [0.1, 0.15) is 0 Å². The van der Waals surface area contributed by atoms with Crippen LogP contribution in [-0.4, -0.2) is 33.7 Å². The highest BCUT2D eigenvalue weighted by molar-refractivity contribution is 7.99. The third-order valence-electron chi connectivity index (χ3n) is 3.97. The van der Waals surface area contributed by atoms with Gasteiger partial charge in [0, 0.05) is 34.7 Å².